The summed E-state index contributed by atoms with van der Waals surface area (Å²) in [5.41, 5.74) is 0.534. The van der Waals surface area contributed by atoms with Crippen LogP contribution in [0.4, 0.5) is 0 Å². The maximum absolute atomic E-state index is 10.9. The minimum atomic E-state index is -0.114. The third kappa shape index (κ3) is 1.22. The van der Waals surface area contributed by atoms with Crippen molar-refractivity contribution in [3.8, 4) is 0 Å². The number of rotatable bonds is 0. The largest absolute Gasteiger partial charge is 0.307 e. The first kappa shape index (κ1) is 7.72. The SMILES string of the molecule is O=c1ccc2c(I)ccnc2[nH]1. The van der Waals surface area contributed by atoms with Gasteiger partial charge < -0.3 is 4.98 Å². The monoisotopic (exact) mass is 272 g/mol. The molecule has 0 aliphatic rings. The predicted octanol–water partition coefficient (Wildman–Crippen LogP) is 1.53. The highest BCUT2D eigenvalue weighted by molar-refractivity contribution is 14.1. The summed E-state index contributed by atoms with van der Waals surface area (Å²) in [6, 6.07) is 5.19. The van der Waals surface area contributed by atoms with E-state index in [0.29, 0.717) is 5.65 Å². The summed E-state index contributed by atoms with van der Waals surface area (Å²) in [7, 11) is 0. The second-order valence-corrected chi connectivity index (χ2v) is 3.54. The Bertz CT molecular complexity index is 478. The van der Waals surface area contributed by atoms with Gasteiger partial charge in [-0.1, -0.05) is 0 Å². The molecule has 0 radical (unpaired) electrons. The van der Waals surface area contributed by atoms with Crippen molar-refractivity contribution in [3.05, 3.63) is 38.3 Å². The molecular formula is C8H5IN2O. The van der Waals surface area contributed by atoms with Gasteiger partial charge in [-0.15, -0.1) is 0 Å². The third-order valence-electron chi connectivity index (χ3n) is 1.58. The van der Waals surface area contributed by atoms with Crippen LogP contribution in [0.2, 0.25) is 0 Å². The minimum absolute atomic E-state index is 0.114. The highest BCUT2D eigenvalue weighted by Crippen LogP contribution is 2.14. The maximum atomic E-state index is 10.9. The van der Waals surface area contributed by atoms with Crippen LogP contribution in [0.1, 0.15) is 0 Å². The number of aromatic amines is 1. The van der Waals surface area contributed by atoms with Gasteiger partial charge in [0.1, 0.15) is 5.65 Å². The van der Waals surface area contributed by atoms with Crippen molar-refractivity contribution in [2.45, 2.75) is 0 Å². The lowest BCUT2D eigenvalue weighted by atomic mass is 10.3. The molecule has 2 aromatic rings. The van der Waals surface area contributed by atoms with Crippen molar-refractivity contribution in [2.75, 3.05) is 0 Å². The Hall–Kier alpha value is -0.910. The molecule has 0 aliphatic heterocycles. The molecule has 0 aliphatic carbocycles. The average Bonchev–Trinajstić information content (AvgIpc) is 2.04. The molecule has 0 spiro atoms. The number of halogens is 1. The van der Waals surface area contributed by atoms with Crippen LogP contribution in [-0.4, -0.2) is 9.97 Å². The zero-order chi connectivity index (χ0) is 8.55. The van der Waals surface area contributed by atoms with E-state index < -0.39 is 0 Å². The fraction of sp³-hybridized carbons (Fsp3) is 0. The van der Waals surface area contributed by atoms with E-state index in [1.165, 1.54) is 6.07 Å². The van der Waals surface area contributed by atoms with Crippen LogP contribution in [-0.2, 0) is 0 Å². The molecule has 0 fully saturated rings. The van der Waals surface area contributed by atoms with Crippen LogP contribution in [0.25, 0.3) is 11.0 Å². The standard InChI is InChI=1S/C8H5IN2O/c9-6-3-4-10-8-5(6)1-2-7(12)11-8/h1-4H,(H,10,11,12). The summed E-state index contributed by atoms with van der Waals surface area (Å²) >= 11 is 2.21. The molecule has 2 heterocycles. The summed E-state index contributed by atoms with van der Waals surface area (Å²) in [5, 5.41) is 0.984. The normalized spacial score (nSPS) is 10.4. The zero-order valence-electron chi connectivity index (χ0n) is 6.04. The van der Waals surface area contributed by atoms with E-state index >= 15 is 0 Å². The smallest absolute Gasteiger partial charge is 0.249 e. The highest BCUT2D eigenvalue weighted by atomic mass is 127. The van der Waals surface area contributed by atoms with Gasteiger partial charge in [0.2, 0.25) is 5.56 Å². The van der Waals surface area contributed by atoms with Crippen LogP contribution >= 0.6 is 22.6 Å². The molecule has 0 saturated heterocycles. The van der Waals surface area contributed by atoms with Gasteiger partial charge in [0, 0.05) is 21.2 Å². The number of fused-ring (bicyclic) bond motifs is 1. The van der Waals surface area contributed by atoms with Crippen molar-refractivity contribution in [2.24, 2.45) is 0 Å². The Morgan fingerprint density at radius 1 is 1.33 bits per heavy atom. The third-order valence-corrected chi connectivity index (χ3v) is 2.52. The summed E-state index contributed by atoms with van der Waals surface area (Å²) in [4.78, 5) is 17.6. The first-order chi connectivity index (χ1) is 5.77. The van der Waals surface area contributed by atoms with E-state index in [-0.39, 0.29) is 5.56 Å². The highest BCUT2D eigenvalue weighted by Gasteiger charge is 1.97. The number of nitrogens with zero attached hydrogens (tertiary/aromatic N) is 1. The number of nitrogens with one attached hydrogen (secondary N) is 1. The summed E-state index contributed by atoms with van der Waals surface area (Å²) in [5.74, 6) is 0. The molecule has 0 aromatic carbocycles. The molecular weight excluding hydrogens is 267 g/mol. The minimum Gasteiger partial charge on any atom is -0.307 e. The van der Waals surface area contributed by atoms with Crippen molar-refractivity contribution < 1.29 is 0 Å². The summed E-state index contributed by atoms with van der Waals surface area (Å²) in [6.45, 7) is 0. The molecule has 3 nitrogen and oxygen atoms in total. The number of aromatic nitrogens is 2. The number of H-pyrrole nitrogens is 1. The molecule has 0 atom stereocenters. The molecule has 0 saturated carbocycles. The van der Waals surface area contributed by atoms with E-state index in [1.54, 1.807) is 12.3 Å². The number of hydrogen-bond donors (Lipinski definition) is 1. The first-order valence-electron chi connectivity index (χ1n) is 3.41. The van der Waals surface area contributed by atoms with Crippen molar-refractivity contribution >= 4 is 33.6 Å². The van der Waals surface area contributed by atoms with Crippen LogP contribution in [0.3, 0.4) is 0 Å². The average molecular weight is 272 g/mol. The van der Waals surface area contributed by atoms with Crippen LogP contribution in [0.15, 0.2) is 29.2 Å². The van der Waals surface area contributed by atoms with Gasteiger partial charge in [-0.3, -0.25) is 4.79 Å². The molecule has 0 unspecified atom stereocenters. The topological polar surface area (TPSA) is 45.8 Å². The van der Waals surface area contributed by atoms with E-state index in [4.69, 9.17) is 0 Å². The second kappa shape index (κ2) is 2.85. The van der Waals surface area contributed by atoms with Gasteiger partial charge in [-0.25, -0.2) is 4.98 Å². The van der Waals surface area contributed by atoms with Gasteiger partial charge in [-0.05, 0) is 34.7 Å². The lowest BCUT2D eigenvalue weighted by molar-refractivity contribution is 1.23. The Kier molecular flexibility index (Phi) is 1.84. The fourth-order valence-corrected chi connectivity index (χ4v) is 1.62. The van der Waals surface area contributed by atoms with E-state index in [1.807, 2.05) is 6.07 Å². The quantitative estimate of drug-likeness (QED) is 0.739. The van der Waals surface area contributed by atoms with Crippen molar-refractivity contribution in [1.82, 2.24) is 9.97 Å². The van der Waals surface area contributed by atoms with Crippen molar-refractivity contribution in [1.29, 1.82) is 0 Å². The molecule has 2 aromatic heterocycles. The van der Waals surface area contributed by atoms with Crippen molar-refractivity contribution in [3.63, 3.8) is 0 Å². The Labute approximate surface area is 82.0 Å². The van der Waals surface area contributed by atoms with Gasteiger partial charge in [-0.2, -0.15) is 0 Å². The predicted molar refractivity (Wildman–Crippen MR) is 55.1 cm³/mol. The lowest BCUT2D eigenvalue weighted by Crippen LogP contribution is -2.03. The van der Waals surface area contributed by atoms with E-state index in [2.05, 4.69) is 32.6 Å². The molecule has 12 heavy (non-hydrogen) atoms. The van der Waals surface area contributed by atoms with Crippen LogP contribution < -0.4 is 5.56 Å². The Morgan fingerprint density at radius 2 is 2.17 bits per heavy atom. The first-order valence-corrected chi connectivity index (χ1v) is 4.49. The van der Waals surface area contributed by atoms with Gasteiger partial charge >= 0.3 is 0 Å². The van der Waals surface area contributed by atoms with Gasteiger partial charge in [0.05, 0.1) is 0 Å². The number of pyridine rings is 2. The molecule has 60 valence electrons. The summed E-state index contributed by atoms with van der Waals surface area (Å²) in [6.07, 6.45) is 1.68. The van der Waals surface area contributed by atoms with Gasteiger partial charge in [0.15, 0.2) is 0 Å². The fourth-order valence-electron chi connectivity index (χ4n) is 1.03. The maximum Gasteiger partial charge on any atom is 0.249 e. The Morgan fingerprint density at radius 3 is 3.00 bits per heavy atom. The molecule has 0 bridgehead atoms. The molecule has 1 N–H and O–H groups in total. The van der Waals surface area contributed by atoms with Crippen LogP contribution in [0.5, 0.6) is 0 Å². The van der Waals surface area contributed by atoms with Crippen LogP contribution in [0, 0.1) is 3.57 Å². The second-order valence-electron chi connectivity index (χ2n) is 2.38. The van der Waals surface area contributed by atoms with E-state index in [0.717, 1.165) is 8.96 Å². The van der Waals surface area contributed by atoms with E-state index in [9.17, 15) is 4.79 Å². The summed E-state index contributed by atoms with van der Waals surface area (Å²) < 4.78 is 1.09. The number of hydrogen-bond acceptors (Lipinski definition) is 2. The van der Waals surface area contributed by atoms with Gasteiger partial charge in [0.25, 0.3) is 0 Å². The molecule has 2 rings (SSSR count). The molecule has 4 heteroatoms. The Balaban J connectivity index is 2.96. The zero-order valence-corrected chi connectivity index (χ0v) is 8.20. The lowest BCUT2D eigenvalue weighted by Gasteiger charge is -1.96. The molecule has 0 amide bonds.